The fraction of sp³-hybridized carbons (Fsp3) is 0.312. The van der Waals surface area contributed by atoms with Gasteiger partial charge in [-0.1, -0.05) is 25.1 Å². The van der Waals surface area contributed by atoms with Crippen LogP contribution in [0.25, 0.3) is 0 Å². The SMILES string of the molecule is CCc1ccc(S(=O)(=O)N2CC(C(=O)OC)c3ccccc32)s1. The van der Waals surface area contributed by atoms with E-state index in [1.807, 2.05) is 13.0 Å². The van der Waals surface area contributed by atoms with Gasteiger partial charge in [-0.25, -0.2) is 8.42 Å². The standard InChI is InChI=1S/C16H17NO4S2/c1-3-11-8-9-15(22-11)23(19,20)17-10-13(16(18)21-2)12-6-4-5-7-14(12)17/h4-9,13H,3,10H2,1-2H3. The number of esters is 1. The molecule has 1 atom stereocenters. The van der Waals surface area contributed by atoms with Crippen LogP contribution in [0, 0.1) is 0 Å². The van der Waals surface area contributed by atoms with Crippen molar-refractivity contribution in [3.05, 3.63) is 46.8 Å². The molecule has 0 saturated carbocycles. The third-order valence-corrected chi connectivity index (χ3v) is 7.42. The van der Waals surface area contributed by atoms with Gasteiger partial charge in [-0.2, -0.15) is 0 Å². The predicted octanol–water partition coefficient (Wildman–Crippen LogP) is 2.78. The molecule has 7 heteroatoms. The van der Waals surface area contributed by atoms with E-state index in [1.54, 1.807) is 30.3 Å². The van der Waals surface area contributed by atoms with Crippen molar-refractivity contribution in [3.8, 4) is 0 Å². The van der Waals surface area contributed by atoms with Crippen LogP contribution in [0.15, 0.2) is 40.6 Å². The summed E-state index contributed by atoms with van der Waals surface area (Å²) < 4.78 is 32.4. The van der Waals surface area contributed by atoms with Crippen LogP contribution >= 0.6 is 11.3 Å². The van der Waals surface area contributed by atoms with E-state index < -0.39 is 21.9 Å². The molecule has 1 aromatic heterocycles. The first-order valence-electron chi connectivity index (χ1n) is 7.27. The summed E-state index contributed by atoms with van der Waals surface area (Å²) in [5, 5.41) is 0. The van der Waals surface area contributed by atoms with Crippen LogP contribution in [0.3, 0.4) is 0 Å². The number of ether oxygens (including phenoxy) is 1. The number of para-hydroxylation sites is 1. The zero-order chi connectivity index (χ0) is 16.6. The van der Waals surface area contributed by atoms with Gasteiger partial charge in [0.1, 0.15) is 10.1 Å². The first-order chi connectivity index (χ1) is 11.0. The van der Waals surface area contributed by atoms with Crippen molar-refractivity contribution >= 4 is 33.0 Å². The first-order valence-corrected chi connectivity index (χ1v) is 9.53. The van der Waals surface area contributed by atoms with E-state index >= 15 is 0 Å². The molecule has 122 valence electrons. The second-order valence-electron chi connectivity index (χ2n) is 5.24. The Bertz CT molecular complexity index is 841. The highest BCUT2D eigenvalue weighted by Gasteiger charge is 2.40. The van der Waals surface area contributed by atoms with Gasteiger partial charge in [-0.05, 0) is 30.2 Å². The number of benzene rings is 1. The first kappa shape index (κ1) is 16.0. The molecule has 0 radical (unpaired) electrons. The van der Waals surface area contributed by atoms with Gasteiger partial charge in [0.2, 0.25) is 0 Å². The van der Waals surface area contributed by atoms with Gasteiger partial charge < -0.3 is 4.74 Å². The molecule has 0 aliphatic carbocycles. The number of anilines is 1. The second-order valence-corrected chi connectivity index (χ2v) is 8.50. The van der Waals surface area contributed by atoms with Gasteiger partial charge in [-0.3, -0.25) is 9.10 Å². The van der Waals surface area contributed by atoms with Gasteiger partial charge in [0, 0.05) is 4.88 Å². The van der Waals surface area contributed by atoms with E-state index in [0.29, 0.717) is 15.5 Å². The van der Waals surface area contributed by atoms with Gasteiger partial charge >= 0.3 is 5.97 Å². The molecule has 1 aliphatic heterocycles. The van der Waals surface area contributed by atoms with Gasteiger partial charge in [-0.15, -0.1) is 11.3 Å². The summed E-state index contributed by atoms with van der Waals surface area (Å²) in [7, 11) is -2.36. The number of rotatable bonds is 4. The maximum atomic E-state index is 13.0. The highest BCUT2D eigenvalue weighted by atomic mass is 32.2. The lowest BCUT2D eigenvalue weighted by Crippen LogP contribution is -2.31. The summed E-state index contributed by atoms with van der Waals surface area (Å²) in [5.74, 6) is -1.01. The third kappa shape index (κ3) is 2.64. The Hall–Kier alpha value is -1.86. The van der Waals surface area contributed by atoms with Crippen LogP contribution in [0.4, 0.5) is 5.69 Å². The molecule has 0 N–H and O–H groups in total. The van der Waals surface area contributed by atoms with Gasteiger partial charge in [0.25, 0.3) is 10.0 Å². The topological polar surface area (TPSA) is 63.7 Å². The van der Waals surface area contributed by atoms with Crippen LogP contribution < -0.4 is 4.31 Å². The number of sulfonamides is 1. The van der Waals surface area contributed by atoms with E-state index in [-0.39, 0.29) is 6.54 Å². The van der Waals surface area contributed by atoms with Crippen molar-refractivity contribution in [2.45, 2.75) is 23.5 Å². The minimum absolute atomic E-state index is 0.0771. The molecule has 0 bridgehead atoms. The predicted molar refractivity (Wildman–Crippen MR) is 89.4 cm³/mol. The Morgan fingerprint density at radius 3 is 2.70 bits per heavy atom. The lowest BCUT2D eigenvalue weighted by Gasteiger charge is -2.18. The third-order valence-electron chi connectivity index (χ3n) is 3.94. The maximum Gasteiger partial charge on any atom is 0.315 e. The molecule has 0 amide bonds. The van der Waals surface area contributed by atoms with Crippen molar-refractivity contribution in [1.29, 1.82) is 0 Å². The molecular weight excluding hydrogens is 334 g/mol. The number of fused-ring (bicyclic) bond motifs is 1. The molecule has 2 aromatic rings. The van der Waals surface area contributed by atoms with Crippen LogP contribution in [0.2, 0.25) is 0 Å². The zero-order valence-corrected chi connectivity index (χ0v) is 14.5. The van der Waals surface area contributed by atoms with E-state index in [2.05, 4.69) is 0 Å². The minimum atomic E-state index is -3.67. The van der Waals surface area contributed by atoms with E-state index in [4.69, 9.17) is 4.74 Å². The highest BCUT2D eigenvalue weighted by molar-refractivity contribution is 7.94. The summed E-state index contributed by atoms with van der Waals surface area (Å²) >= 11 is 1.27. The molecule has 0 fully saturated rings. The number of carbonyl (C=O) groups is 1. The molecule has 3 rings (SSSR count). The van der Waals surface area contributed by atoms with Crippen LogP contribution in [-0.4, -0.2) is 28.0 Å². The van der Waals surface area contributed by atoms with Gasteiger partial charge in [0.05, 0.1) is 19.3 Å². The van der Waals surface area contributed by atoms with Crippen LogP contribution in [0.1, 0.15) is 23.3 Å². The monoisotopic (exact) mass is 351 g/mol. The number of hydrogen-bond donors (Lipinski definition) is 0. The number of methoxy groups -OCH3 is 1. The lowest BCUT2D eigenvalue weighted by atomic mass is 10.0. The summed E-state index contributed by atoms with van der Waals surface area (Å²) in [5.41, 5.74) is 1.24. The summed E-state index contributed by atoms with van der Waals surface area (Å²) in [6.07, 6.45) is 0.793. The number of aryl methyl sites for hydroxylation is 1. The van der Waals surface area contributed by atoms with Crippen molar-refractivity contribution < 1.29 is 17.9 Å². The number of nitrogens with zero attached hydrogens (tertiary/aromatic N) is 1. The lowest BCUT2D eigenvalue weighted by molar-refractivity contribution is -0.141. The van der Waals surface area contributed by atoms with Crippen molar-refractivity contribution in [3.63, 3.8) is 0 Å². The molecule has 1 unspecified atom stereocenters. The Balaban J connectivity index is 2.05. The maximum absolute atomic E-state index is 13.0. The Kier molecular flexibility index (Phi) is 4.16. The normalized spacial score (nSPS) is 17.1. The highest BCUT2D eigenvalue weighted by Crippen LogP contribution is 2.41. The average molecular weight is 351 g/mol. The van der Waals surface area contributed by atoms with Crippen molar-refractivity contribution in [2.24, 2.45) is 0 Å². The summed E-state index contributed by atoms with van der Waals surface area (Å²) in [4.78, 5) is 13.0. The molecule has 2 heterocycles. The number of hydrogen-bond acceptors (Lipinski definition) is 5. The quantitative estimate of drug-likeness (QED) is 0.795. The largest absolute Gasteiger partial charge is 0.468 e. The van der Waals surface area contributed by atoms with Crippen LogP contribution in [0.5, 0.6) is 0 Å². The fourth-order valence-corrected chi connectivity index (χ4v) is 5.65. The summed E-state index contributed by atoms with van der Waals surface area (Å²) in [6, 6.07) is 10.5. The molecule has 0 spiro atoms. The van der Waals surface area contributed by atoms with Gasteiger partial charge in [0.15, 0.2) is 0 Å². The van der Waals surface area contributed by atoms with Crippen molar-refractivity contribution in [1.82, 2.24) is 0 Å². The zero-order valence-electron chi connectivity index (χ0n) is 12.9. The number of carbonyl (C=O) groups excluding carboxylic acids is 1. The van der Waals surface area contributed by atoms with E-state index in [1.165, 1.54) is 22.8 Å². The number of thiophene rings is 1. The summed E-state index contributed by atoms with van der Waals surface area (Å²) in [6.45, 7) is 2.06. The molecule has 0 saturated heterocycles. The Morgan fingerprint density at radius 2 is 2.04 bits per heavy atom. The molecule has 23 heavy (non-hydrogen) atoms. The Labute approximate surface area is 139 Å². The minimum Gasteiger partial charge on any atom is -0.468 e. The van der Waals surface area contributed by atoms with E-state index in [9.17, 15) is 13.2 Å². The molecule has 5 nitrogen and oxygen atoms in total. The average Bonchev–Trinajstić information content (AvgIpc) is 3.19. The second kappa shape index (κ2) is 5.98. The molecule has 1 aromatic carbocycles. The fourth-order valence-electron chi connectivity index (χ4n) is 2.74. The molecular formula is C16H17NO4S2. The Morgan fingerprint density at radius 1 is 1.30 bits per heavy atom. The van der Waals surface area contributed by atoms with E-state index in [0.717, 1.165) is 11.3 Å². The smallest absolute Gasteiger partial charge is 0.315 e. The molecule has 1 aliphatic rings. The van der Waals surface area contributed by atoms with Crippen LogP contribution in [-0.2, 0) is 26.0 Å². The van der Waals surface area contributed by atoms with Crippen molar-refractivity contribution in [2.75, 3.05) is 18.0 Å².